The standard InChI is InChI=1S/C8H13N/c1-4-5-6-9-7-8(2)3/h1,7-8H,5-6H2,2-3H3. The third kappa shape index (κ3) is 7.23. The molecule has 0 aliphatic rings. The average molecular weight is 123 g/mol. The van der Waals surface area contributed by atoms with Crippen LogP contribution >= 0.6 is 0 Å². The van der Waals surface area contributed by atoms with E-state index in [1.807, 2.05) is 6.21 Å². The lowest BCUT2D eigenvalue weighted by molar-refractivity contribution is 0.890. The van der Waals surface area contributed by atoms with Crippen LogP contribution in [0.1, 0.15) is 20.3 Å². The van der Waals surface area contributed by atoms with E-state index in [1.54, 1.807) is 0 Å². The van der Waals surface area contributed by atoms with Crippen LogP contribution in [0.25, 0.3) is 0 Å². The van der Waals surface area contributed by atoms with Crippen molar-refractivity contribution in [2.45, 2.75) is 20.3 Å². The molecule has 0 fully saturated rings. The summed E-state index contributed by atoms with van der Waals surface area (Å²) in [5.74, 6) is 3.07. The number of aliphatic imine (C=N–C) groups is 1. The predicted octanol–water partition coefficient (Wildman–Crippen LogP) is 1.74. The van der Waals surface area contributed by atoms with Gasteiger partial charge < -0.3 is 0 Å². The number of hydrogen-bond acceptors (Lipinski definition) is 1. The fourth-order valence-corrected chi connectivity index (χ4v) is 0.414. The van der Waals surface area contributed by atoms with Gasteiger partial charge in [0.05, 0.1) is 0 Å². The van der Waals surface area contributed by atoms with Crippen molar-refractivity contribution in [1.82, 2.24) is 0 Å². The third-order valence-electron chi connectivity index (χ3n) is 0.789. The van der Waals surface area contributed by atoms with E-state index in [9.17, 15) is 0 Å². The van der Waals surface area contributed by atoms with E-state index in [2.05, 4.69) is 24.8 Å². The molecule has 0 aromatic heterocycles. The molecule has 0 amide bonds. The second-order valence-electron chi connectivity index (χ2n) is 2.25. The Balaban J connectivity index is 3.17. The Bertz CT molecular complexity index is 117. The summed E-state index contributed by atoms with van der Waals surface area (Å²) in [6, 6.07) is 0. The second kappa shape index (κ2) is 5.37. The smallest absolute Gasteiger partial charge is 0.0494 e. The van der Waals surface area contributed by atoms with Gasteiger partial charge in [-0.3, -0.25) is 4.99 Å². The van der Waals surface area contributed by atoms with Crippen molar-refractivity contribution in [3.05, 3.63) is 0 Å². The van der Waals surface area contributed by atoms with Gasteiger partial charge in [0.25, 0.3) is 0 Å². The molecule has 0 aromatic rings. The van der Waals surface area contributed by atoms with Crippen molar-refractivity contribution in [2.24, 2.45) is 10.9 Å². The first kappa shape index (κ1) is 8.23. The molecule has 0 spiro atoms. The number of nitrogens with zero attached hydrogens (tertiary/aromatic N) is 1. The Morgan fingerprint density at radius 1 is 1.67 bits per heavy atom. The summed E-state index contributed by atoms with van der Waals surface area (Å²) in [5.41, 5.74) is 0. The lowest BCUT2D eigenvalue weighted by Gasteiger charge is -1.90. The minimum atomic E-state index is 0.544. The zero-order chi connectivity index (χ0) is 7.11. The molecule has 0 atom stereocenters. The summed E-state index contributed by atoms with van der Waals surface area (Å²) in [6.07, 6.45) is 7.70. The molecule has 0 bridgehead atoms. The highest BCUT2D eigenvalue weighted by Gasteiger charge is 1.82. The highest BCUT2D eigenvalue weighted by Crippen LogP contribution is 1.85. The number of hydrogen-bond donors (Lipinski definition) is 0. The normalized spacial score (nSPS) is 10.4. The fraction of sp³-hybridized carbons (Fsp3) is 0.625. The molecular formula is C8H13N. The minimum absolute atomic E-state index is 0.544. The van der Waals surface area contributed by atoms with Crippen molar-refractivity contribution in [1.29, 1.82) is 0 Å². The molecule has 0 unspecified atom stereocenters. The molecule has 0 aliphatic carbocycles. The summed E-state index contributed by atoms with van der Waals surface area (Å²) in [6.45, 7) is 4.97. The first-order valence-corrected chi connectivity index (χ1v) is 3.20. The van der Waals surface area contributed by atoms with E-state index >= 15 is 0 Å². The number of rotatable bonds is 3. The van der Waals surface area contributed by atoms with E-state index < -0.39 is 0 Å². The van der Waals surface area contributed by atoms with Crippen molar-refractivity contribution in [3.8, 4) is 12.3 Å². The molecule has 1 nitrogen and oxygen atoms in total. The van der Waals surface area contributed by atoms with Gasteiger partial charge in [0.15, 0.2) is 0 Å². The summed E-state index contributed by atoms with van der Waals surface area (Å²) >= 11 is 0. The summed E-state index contributed by atoms with van der Waals surface area (Å²) in [7, 11) is 0. The van der Waals surface area contributed by atoms with E-state index in [4.69, 9.17) is 6.42 Å². The van der Waals surface area contributed by atoms with Gasteiger partial charge in [-0.15, -0.1) is 12.3 Å². The van der Waals surface area contributed by atoms with Gasteiger partial charge in [-0.1, -0.05) is 13.8 Å². The summed E-state index contributed by atoms with van der Waals surface area (Å²) in [4.78, 5) is 4.09. The molecule has 0 radical (unpaired) electrons. The lowest BCUT2D eigenvalue weighted by Crippen LogP contribution is -1.88. The minimum Gasteiger partial charge on any atom is -0.296 e. The van der Waals surface area contributed by atoms with Crippen LogP contribution in [0.5, 0.6) is 0 Å². The first-order chi connectivity index (χ1) is 4.27. The van der Waals surface area contributed by atoms with Gasteiger partial charge >= 0.3 is 0 Å². The van der Waals surface area contributed by atoms with Gasteiger partial charge in [-0.05, 0) is 5.92 Å². The van der Waals surface area contributed by atoms with Crippen LogP contribution in [-0.2, 0) is 0 Å². The first-order valence-electron chi connectivity index (χ1n) is 3.20. The third-order valence-corrected chi connectivity index (χ3v) is 0.789. The average Bonchev–Trinajstić information content (AvgIpc) is 1.80. The largest absolute Gasteiger partial charge is 0.296 e. The molecule has 0 N–H and O–H groups in total. The van der Waals surface area contributed by atoms with Gasteiger partial charge in [-0.2, -0.15) is 0 Å². The monoisotopic (exact) mass is 123 g/mol. The molecule has 1 heteroatoms. The van der Waals surface area contributed by atoms with Crippen LogP contribution in [0.4, 0.5) is 0 Å². The Morgan fingerprint density at radius 3 is 2.78 bits per heavy atom. The van der Waals surface area contributed by atoms with Crippen LogP contribution in [0.15, 0.2) is 4.99 Å². The molecule has 0 heterocycles. The van der Waals surface area contributed by atoms with Crippen molar-refractivity contribution >= 4 is 6.21 Å². The van der Waals surface area contributed by atoms with Gasteiger partial charge in [0.1, 0.15) is 0 Å². The van der Waals surface area contributed by atoms with Gasteiger partial charge in [0, 0.05) is 19.2 Å². The molecule has 0 aromatic carbocycles. The van der Waals surface area contributed by atoms with Gasteiger partial charge in [0.2, 0.25) is 0 Å². The van der Waals surface area contributed by atoms with Crippen LogP contribution in [0, 0.1) is 18.3 Å². The molecule has 0 rings (SSSR count). The molecule has 0 saturated carbocycles. The lowest BCUT2D eigenvalue weighted by atomic mass is 10.2. The Labute approximate surface area is 57.2 Å². The predicted molar refractivity (Wildman–Crippen MR) is 41.6 cm³/mol. The maximum absolute atomic E-state index is 5.02. The Hall–Kier alpha value is -0.770. The van der Waals surface area contributed by atoms with E-state index in [-0.39, 0.29) is 0 Å². The maximum atomic E-state index is 5.02. The fourth-order valence-electron chi connectivity index (χ4n) is 0.414. The maximum Gasteiger partial charge on any atom is 0.0494 e. The number of terminal acetylenes is 1. The van der Waals surface area contributed by atoms with Crippen LogP contribution < -0.4 is 0 Å². The molecule has 0 aliphatic heterocycles. The van der Waals surface area contributed by atoms with E-state index in [0.29, 0.717) is 5.92 Å². The van der Waals surface area contributed by atoms with Crippen LogP contribution in [-0.4, -0.2) is 12.8 Å². The Kier molecular flexibility index (Phi) is 4.91. The SMILES string of the molecule is C#CCCN=CC(C)C. The highest BCUT2D eigenvalue weighted by atomic mass is 14.7. The zero-order valence-electron chi connectivity index (χ0n) is 6.09. The van der Waals surface area contributed by atoms with Gasteiger partial charge in [-0.25, -0.2) is 0 Å². The van der Waals surface area contributed by atoms with Crippen molar-refractivity contribution in [3.63, 3.8) is 0 Å². The molecule has 9 heavy (non-hydrogen) atoms. The van der Waals surface area contributed by atoms with E-state index in [0.717, 1.165) is 13.0 Å². The molecule has 50 valence electrons. The van der Waals surface area contributed by atoms with Crippen molar-refractivity contribution < 1.29 is 0 Å². The van der Waals surface area contributed by atoms with Crippen molar-refractivity contribution in [2.75, 3.05) is 6.54 Å². The van der Waals surface area contributed by atoms with E-state index in [1.165, 1.54) is 0 Å². The zero-order valence-corrected chi connectivity index (χ0v) is 6.09. The van der Waals surface area contributed by atoms with Crippen LogP contribution in [0.3, 0.4) is 0 Å². The Morgan fingerprint density at radius 2 is 2.33 bits per heavy atom. The second-order valence-corrected chi connectivity index (χ2v) is 2.25. The quantitative estimate of drug-likeness (QED) is 0.308. The molecule has 0 saturated heterocycles. The van der Waals surface area contributed by atoms with Crippen LogP contribution in [0.2, 0.25) is 0 Å². The summed E-state index contributed by atoms with van der Waals surface area (Å²) < 4.78 is 0. The summed E-state index contributed by atoms with van der Waals surface area (Å²) in [5, 5.41) is 0. The highest BCUT2D eigenvalue weighted by molar-refractivity contribution is 5.59. The topological polar surface area (TPSA) is 12.4 Å². The molecular weight excluding hydrogens is 110 g/mol.